The van der Waals surface area contributed by atoms with Crippen LogP contribution in [0.4, 0.5) is 4.39 Å². The van der Waals surface area contributed by atoms with Gasteiger partial charge in [-0.05, 0) is 37.1 Å². The zero-order valence-corrected chi connectivity index (χ0v) is 13.3. The number of carboxylic acids is 1. The second kappa shape index (κ2) is 8.86. The van der Waals surface area contributed by atoms with Crippen molar-refractivity contribution >= 4 is 11.9 Å². The number of hydrogen-bond acceptors (Lipinski definition) is 3. The summed E-state index contributed by atoms with van der Waals surface area (Å²) < 4.78 is 19.3. The van der Waals surface area contributed by atoms with Crippen LogP contribution in [0.15, 0.2) is 40.8 Å². The first kappa shape index (κ1) is 17.7. The Kier molecular flexibility index (Phi) is 6.54. The van der Waals surface area contributed by atoms with Crippen molar-refractivity contribution in [3.8, 4) is 11.3 Å². The Bertz CT molecular complexity index is 696. The molecule has 1 aromatic carbocycles. The van der Waals surface area contributed by atoms with Crippen molar-refractivity contribution in [1.82, 2.24) is 5.32 Å². The highest BCUT2D eigenvalue weighted by Gasteiger charge is 2.10. The predicted molar refractivity (Wildman–Crippen MR) is 86.9 cm³/mol. The number of amides is 1. The third-order valence-electron chi connectivity index (χ3n) is 3.54. The SMILES string of the molecule is O=C(O)CCCCNC(=O)CCc1ccc(-c2ccccc2F)o1. The average molecular weight is 333 g/mol. The summed E-state index contributed by atoms with van der Waals surface area (Å²) in [4.78, 5) is 22.1. The van der Waals surface area contributed by atoms with E-state index in [0.29, 0.717) is 42.9 Å². The topological polar surface area (TPSA) is 79.5 Å². The summed E-state index contributed by atoms with van der Waals surface area (Å²) in [7, 11) is 0. The molecule has 0 spiro atoms. The fourth-order valence-electron chi connectivity index (χ4n) is 2.27. The van der Waals surface area contributed by atoms with Gasteiger partial charge in [-0.3, -0.25) is 9.59 Å². The first-order chi connectivity index (χ1) is 11.6. The first-order valence-electron chi connectivity index (χ1n) is 7.88. The number of benzene rings is 1. The van der Waals surface area contributed by atoms with E-state index < -0.39 is 5.97 Å². The van der Waals surface area contributed by atoms with Gasteiger partial charge < -0.3 is 14.8 Å². The quantitative estimate of drug-likeness (QED) is 0.689. The summed E-state index contributed by atoms with van der Waals surface area (Å²) in [5.74, 6) is -0.233. The van der Waals surface area contributed by atoms with Gasteiger partial charge in [-0.25, -0.2) is 4.39 Å². The van der Waals surface area contributed by atoms with E-state index in [9.17, 15) is 14.0 Å². The molecular weight excluding hydrogens is 313 g/mol. The molecule has 0 saturated carbocycles. The molecule has 24 heavy (non-hydrogen) atoms. The number of carbonyl (C=O) groups is 2. The molecule has 1 aromatic heterocycles. The molecule has 2 N–H and O–H groups in total. The number of carboxylic acid groups (broad SMARTS) is 1. The number of aryl methyl sites for hydroxylation is 1. The molecule has 1 amide bonds. The van der Waals surface area contributed by atoms with Crippen LogP contribution in [0.3, 0.4) is 0 Å². The summed E-state index contributed by atoms with van der Waals surface area (Å²) in [6.45, 7) is 0.463. The van der Waals surface area contributed by atoms with Crippen LogP contribution in [-0.4, -0.2) is 23.5 Å². The molecule has 1 heterocycles. The maximum atomic E-state index is 13.7. The molecular formula is C18H20FNO4. The highest BCUT2D eigenvalue weighted by Crippen LogP contribution is 2.25. The lowest BCUT2D eigenvalue weighted by Crippen LogP contribution is -2.24. The van der Waals surface area contributed by atoms with Crippen LogP contribution >= 0.6 is 0 Å². The van der Waals surface area contributed by atoms with Gasteiger partial charge in [-0.15, -0.1) is 0 Å². The Morgan fingerprint density at radius 1 is 1.08 bits per heavy atom. The number of unbranched alkanes of at least 4 members (excludes halogenated alkanes) is 1. The van der Waals surface area contributed by atoms with Gasteiger partial charge in [-0.2, -0.15) is 0 Å². The van der Waals surface area contributed by atoms with Crippen LogP contribution < -0.4 is 5.32 Å². The van der Waals surface area contributed by atoms with Crippen LogP contribution in [-0.2, 0) is 16.0 Å². The van der Waals surface area contributed by atoms with E-state index in [1.165, 1.54) is 6.07 Å². The second-order valence-corrected chi connectivity index (χ2v) is 5.45. The lowest BCUT2D eigenvalue weighted by molar-refractivity contribution is -0.137. The minimum Gasteiger partial charge on any atom is -0.481 e. The molecule has 0 aliphatic heterocycles. The Morgan fingerprint density at radius 2 is 1.88 bits per heavy atom. The van der Waals surface area contributed by atoms with Gasteiger partial charge in [0.2, 0.25) is 5.91 Å². The molecule has 5 nitrogen and oxygen atoms in total. The number of furan rings is 1. The average Bonchev–Trinajstić information content (AvgIpc) is 3.01. The van der Waals surface area contributed by atoms with E-state index in [4.69, 9.17) is 9.52 Å². The highest BCUT2D eigenvalue weighted by molar-refractivity contribution is 5.76. The van der Waals surface area contributed by atoms with Crippen molar-refractivity contribution in [2.45, 2.75) is 32.1 Å². The zero-order chi connectivity index (χ0) is 17.4. The zero-order valence-electron chi connectivity index (χ0n) is 13.3. The third kappa shape index (κ3) is 5.53. The Morgan fingerprint density at radius 3 is 2.62 bits per heavy atom. The summed E-state index contributed by atoms with van der Waals surface area (Å²) in [6.07, 6.45) is 1.98. The number of carbonyl (C=O) groups excluding carboxylic acids is 1. The number of nitrogens with one attached hydrogen (secondary N) is 1. The van der Waals surface area contributed by atoms with E-state index in [-0.39, 0.29) is 24.6 Å². The fourth-order valence-corrected chi connectivity index (χ4v) is 2.27. The molecule has 2 aromatic rings. The first-order valence-corrected chi connectivity index (χ1v) is 7.88. The van der Waals surface area contributed by atoms with Crippen LogP contribution in [0.5, 0.6) is 0 Å². The normalized spacial score (nSPS) is 10.5. The Hall–Kier alpha value is -2.63. The predicted octanol–water partition coefficient (Wildman–Crippen LogP) is 3.39. The smallest absolute Gasteiger partial charge is 0.303 e. The van der Waals surface area contributed by atoms with Crippen molar-refractivity contribution in [3.05, 3.63) is 48.0 Å². The van der Waals surface area contributed by atoms with Crippen molar-refractivity contribution in [1.29, 1.82) is 0 Å². The van der Waals surface area contributed by atoms with Crippen molar-refractivity contribution in [2.24, 2.45) is 0 Å². The van der Waals surface area contributed by atoms with E-state index >= 15 is 0 Å². The number of aliphatic carboxylic acids is 1. The maximum Gasteiger partial charge on any atom is 0.303 e. The molecule has 0 atom stereocenters. The summed E-state index contributed by atoms with van der Waals surface area (Å²) in [5.41, 5.74) is 0.395. The largest absolute Gasteiger partial charge is 0.481 e. The molecule has 0 fully saturated rings. The van der Waals surface area contributed by atoms with E-state index in [0.717, 1.165) is 0 Å². The standard InChI is InChI=1S/C18H20FNO4/c19-15-6-2-1-5-14(15)16-10-8-13(24-16)9-11-17(21)20-12-4-3-7-18(22)23/h1-2,5-6,8,10H,3-4,7,9,11-12H2,(H,20,21)(H,22,23). The van der Waals surface area contributed by atoms with Crippen molar-refractivity contribution < 1.29 is 23.5 Å². The van der Waals surface area contributed by atoms with Crippen LogP contribution in [0, 0.1) is 5.82 Å². The molecule has 6 heteroatoms. The monoisotopic (exact) mass is 333 g/mol. The van der Waals surface area contributed by atoms with E-state index in [1.54, 1.807) is 30.3 Å². The van der Waals surface area contributed by atoms with Gasteiger partial charge >= 0.3 is 5.97 Å². The molecule has 0 aliphatic rings. The Balaban J connectivity index is 1.74. The summed E-state index contributed by atoms with van der Waals surface area (Å²) in [6, 6.07) is 9.79. The lowest BCUT2D eigenvalue weighted by atomic mass is 10.1. The van der Waals surface area contributed by atoms with Crippen LogP contribution in [0.2, 0.25) is 0 Å². The van der Waals surface area contributed by atoms with E-state index in [1.807, 2.05) is 0 Å². The third-order valence-corrected chi connectivity index (χ3v) is 3.54. The molecule has 0 bridgehead atoms. The summed E-state index contributed by atoms with van der Waals surface area (Å²) in [5, 5.41) is 11.3. The van der Waals surface area contributed by atoms with Crippen LogP contribution in [0.25, 0.3) is 11.3 Å². The van der Waals surface area contributed by atoms with Gasteiger partial charge in [0.25, 0.3) is 0 Å². The Labute approximate surface area is 139 Å². The van der Waals surface area contributed by atoms with Crippen molar-refractivity contribution in [3.63, 3.8) is 0 Å². The number of rotatable bonds is 9. The van der Waals surface area contributed by atoms with Gasteiger partial charge in [-0.1, -0.05) is 12.1 Å². The van der Waals surface area contributed by atoms with Crippen molar-refractivity contribution in [2.75, 3.05) is 6.54 Å². The molecule has 0 aliphatic carbocycles. The lowest BCUT2D eigenvalue weighted by Gasteiger charge is -2.04. The minimum atomic E-state index is -0.829. The van der Waals surface area contributed by atoms with Gasteiger partial charge in [0.1, 0.15) is 17.3 Å². The number of hydrogen-bond donors (Lipinski definition) is 2. The summed E-state index contributed by atoms with van der Waals surface area (Å²) >= 11 is 0. The molecule has 0 unspecified atom stereocenters. The number of halogens is 1. The van der Waals surface area contributed by atoms with Gasteiger partial charge in [0.15, 0.2) is 0 Å². The molecule has 2 rings (SSSR count). The molecule has 0 radical (unpaired) electrons. The fraction of sp³-hybridized carbons (Fsp3) is 0.333. The maximum absolute atomic E-state index is 13.7. The molecule has 128 valence electrons. The van der Waals surface area contributed by atoms with Crippen LogP contribution in [0.1, 0.15) is 31.4 Å². The minimum absolute atomic E-state index is 0.112. The second-order valence-electron chi connectivity index (χ2n) is 5.45. The van der Waals surface area contributed by atoms with E-state index in [2.05, 4.69) is 5.32 Å². The van der Waals surface area contributed by atoms with Gasteiger partial charge in [0, 0.05) is 25.8 Å². The molecule has 0 saturated heterocycles. The highest BCUT2D eigenvalue weighted by atomic mass is 19.1. The van der Waals surface area contributed by atoms with Gasteiger partial charge in [0.05, 0.1) is 5.56 Å².